The molecule has 5 heteroatoms. The Morgan fingerprint density at radius 2 is 2.05 bits per heavy atom. The van der Waals surface area contributed by atoms with Crippen molar-refractivity contribution in [1.29, 1.82) is 5.26 Å². The van der Waals surface area contributed by atoms with E-state index in [0.29, 0.717) is 12.1 Å². The zero-order valence-electron chi connectivity index (χ0n) is 11.7. The molecule has 1 aromatic carbocycles. The van der Waals surface area contributed by atoms with Crippen LogP contribution in [0.15, 0.2) is 24.3 Å². The predicted octanol–water partition coefficient (Wildman–Crippen LogP) is 0.468. The molecule has 0 aliphatic carbocycles. The third kappa shape index (κ3) is 3.80. The van der Waals surface area contributed by atoms with Gasteiger partial charge in [0.25, 0.3) is 0 Å². The van der Waals surface area contributed by atoms with Gasteiger partial charge in [-0.2, -0.15) is 5.26 Å². The maximum Gasteiger partial charge on any atom is 0.237 e. The molecule has 0 aromatic heterocycles. The Balaban J connectivity index is 1.83. The lowest BCUT2D eigenvalue weighted by molar-refractivity contribution is -0.126. The van der Waals surface area contributed by atoms with Gasteiger partial charge in [-0.25, -0.2) is 0 Å². The highest BCUT2D eigenvalue weighted by molar-refractivity contribution is 5.81. The van der Waals surface area contributed by atoms with Gasteiger partial charge in [-0.05, 0) is 24.6 Å². The fourth-order valence-electron chi connectivity index (χ4n) is 2.27. The van der Waals surface area contributed by atoms with Gasteiger partial charge in [-0.3, -0.25) is 9.69 Å². The minimum atomic E-state index is -0.101. The van der Waals surface area contributed by atoms with Gasteiger partial charge in [0, 0.05) is 32.7 Å². The molecule has 1 aliphatic heterocycles. The number of carbonyl (C=O) groups is 1. The molecule has 2 N–H and O–H groups in total. The number of hydrogen-bond donors (Lipinski definition) is 2. The first kappa shape index (κ1) is 14.5. The number of carbonyl (C=O) groups excluding carboxylic acids is 1. The van der Waals surface area contributed by atoms with Crippen molar-refractivity contribution < 1.29 is 4.79 Å². The first-order chi connectivity index (χ1) is 9.70. The van der Waals surface area contributed by atoms with Crippen LogP contribution in [-0.2, 0) is 11.3 Å². The van der Waals surface area contributed by atoms with Crippen LogP contribution in [0, 0.1) is 11.3 Å². The van der Waals surface area contributed by atoms with Crippen LogP contribution in [-0.4, -0.2) is 43.0 Å². The number of piperazine rings is 1. The Kier molecular flexibility index (Phi) is 5.10. The smallest absolute Gasteiger partial charge is 0.237 e. The Morgan fingerprint density at radius 1 is 1.40 bits per heavy atom. The van der Waals surface area contributed by atoms with Crippen molar-refractivity contribution in [2.45, 2.75) is 19.5 Å². The van der Waals surface area contributed by atoms with E-state index in [1.54, 1.807) is 12.1 Å². The lowest BCUT2D eigenvalue weighted by atomic mass is 10.1. The van der Waals surface area contributed by atoms with Gasteiger partial charge in [0.05, 0.1) is 17.7 Å². The number of nitriles is 1. The Bertz CT molecular complexity index is 486. The van der Waals surface area contributed by atoms with Crippen LogP contribution in [0.4, 0.5) is 0 Å². The van der Waals surface area contributed by atoms with Crippen LogP contribution < -0.4 is 10.6 Å². The second kappa shape index (κ2) is 7.04. The number of nitrogens with zero attached hydrogens (tertiary/aromatic N) is 2. The van der Waals surface area contributed by atoms with Crippen molar-refractivity contribution in [3.63, 3.8) is 0 Å². The molecule has 1 atom stereocenters. The van der Waals surface area contributed by atoms with Crippen LogP contribution in [0.25, 0.3) is 0 Å². The van der Waals surface area contributed by atoms with Crippen LogP contribution in [0.2, 0.25) is 0 Å². The standard InChI is InChI=1S/C15H20N4O/c1-12(19-8-6-17-7-9-19)15(20)18-11-14-4-2-13(10-16)3-5-14/h2-5,12,17H,6-9,11H2,1H3,(H,18,20). The van der Waals surface area contributed by atoms with E-state index in [1.807, 2.05) is 19.1 Å². The summed E-state index contributed by atoms with van der Waals surface area (Å²) in [4.78, 5) is 14.3. The van der Waals surface area contributed by atoms with Crippen molar-refractivity contribution in [2.24, 2.45) is 0 Å². The van der Waals surface area contributed by atoms with Gasteiger partial charge in [0.15, 0.2) is 0 Å². The van der Waals surface area contributed by atoms with E-state index in [1.165, 1.54) is 0 Å². The molecule has 1 aliphatic rings. The van der Waals surface area contributed by atoms with E-state index in [2.05, 4.69) is 21.6 Å². The van der Waals surface area contributed by atoms with Gasteiger partial charge in [0.2, 0.25) is 5.91 Å². The van der Waals surface area contributed by atoms with Crippen molar-refractivity contribution in [3.05, 3.63) is 35.4 Å². The number of nitrogens with one attached hydrogen (secondary N) is 2. The minimum absolute atomic E-state index is 0.0521. The molecular weight excluding hydrogens is 252 g/mol. The molecular formula is C15H20N4O. The van der Waals surface area contributed by atoms with Crippen molar-refractivity contribution in [2.75, 3.05) is 26.2 Å². The van der Waals surface area contributed by atoms with Gasteiger partial charge >= 0.3 is 0 Å². The highest BCUT2D eigenvalue weighted by Gasteiger charge is 2.22. The van der Waals surface area contributed by atoms with Gasteiger partial charge < -0.3 is 10.6 Å². The fourth-order valence-corrected chi connectivity index (χ4v) is 2.27. The number of benzene rings is 1. The van der Waals surface area contributed by atoms with Crippen molar-refractivity contribution in [3.8, 4) is 6.07 Å². The lowest BCUT2D eigenvalue weighted by Gasteiger charge is -2.31. The second-order valence-corrected chi connectivity index (χ2v) is 4.99. The van der Waals surface area contributed by atoms with Gasteiger partial charge in [-0.15, -0.1) is 0 Å². The lowest BCUT2D eigenvalue weighted by Crippen LogP contribution is -2.52. The SMILES string of the molecule is CC(C(=O)NCc1ccc(C#N)cc1)N1CCNCC1. The molecule has 1 unspecified atom stereocenters. The Hall–Kier alpha value is -1.90. The van der Waals surface area contributed by atoms with Crippen molar-refractivity contribution in [1.82, 2.24) is 15.5 Å². The summed E-state index contributed by atoms with van der Waals surface area (Å²) in [6, 6.07) is 9.25. The zero-order valence-corrected chi connectivity index (χ0v) is 11.7. The average Bonchev–Trinajstić information content (AvgIpc) is 2.53. The summed E-state index contributed by atoms with van der Waals surface area (Å²) in [6.07, 6.45) is 0. The fraction of sp³-hybridized carbons (Fsp3) is 0.467. The maximum atomic E-state index is 12.1. The summed E-state index contributed by atoms with van der Waals surface area (Å²) in [5.41, 5.74) is 1.64. The molecule has 1 amide bonds. The second-order valence-electron chi connectivity index (χ2n) is 4.99. The quantitative estimate of drug-likeness (QED) is 0.836. The summed E-state index contributed by atoms with van der Waals surface area (Å²) in [7, 11) is 0. The molecule has 0 radical (unpaired) electrons. The number of amides is 1. The zero-order chi connectivity index (χ0) is 14.4. The summed E-state index contributed by atoms with van der Waals surface area (Å²) in [6.45, 7) is 6.14. The molecule has 1 heterocycles. The topological polar surface area (TPSA) is 68.2 Å². The van der Waals surface area contributed by atoms with E-state index in [4.69, 9.17) is 5.26 Å². The minimum Gasteiger partial charge on any atom is -0.351 e. The van der Waals surface area contributed by atoms with Crippen molar-refractivity contribution >= 4 is 5.91 Å². The molecule has 0 bridgehead atoms. The molecule has 0 spiro atoms. The van der Waals surface area contributed by atoms with E-state index in [-0.39, 0.29) is 11.9 Å². The largest absolute Gasteiger partial charge is 0.351 e. The van der Waals surface area contributed by atoms with Crippen LogP contribution in [0.3, 0.4) is 0 Å². The molecule has 0 saturated carbocycles. The summed E-state index contributed by atoms with van der Waals surface area (Å²) in [5, 5.41) is 15.0. The Labute approximate surface area is 119 Å². The molecule has 1 fully saturated rings. The number of hydrogen-bond acceptors (Lipinski definition) is 4. The van der Waals surface area contributed by atoms with Gasteiger partial charge in [-0.1, -0.05) is 12.1 Å². The highest BCUT2D eigenvalue weighted by Crippen LogP contribution is 2.04. The summed E-state index contributed by atoms with van der Waals surface area (Å²) in [5.74, 6) is 0.0521. The molecule has 1 saturated heterocycles. The predicted molar refractivity (Wildman–Crippen MR) is 76.9 cm³/mol. The molecule has 20 heavy (non-hydrogen) atoms. The highest BCUT2D eigenvalue weighted by atomic mass is 16.2. The van der Waals surface area contributed by atoms with Gasteiger partial charge in [0.1, 0.15) is 0 Å². The average molecular weight is 272 g/mol. The van der Waals surface area contributed by atoms with E-state index < -0.39 is 0 Å². The Morgan fingerprint density at radius 3 is 2.65 bits per heavy atom. The van der Waals surface area contributed by atoms with Crippen LogP contribution >= 0.6 is 0 Å². The maximum absolute atomic E-state index is 12.1. The molecule has 106 valence electrons. The first-order valence-electron chi connectivity index (χ1n) is 6.92. The van der Waals surface area contributed by atoms with E-state index >= 15 is 0 Å². The first-order valence-corrected chi connectivity index (χ1v) is 6.92. The van der Waals surface area contributed by atoms with E-state index in [0.717, 1.165) is 31.7 Å². The normalized spacial score (nSPS) is 17.2. The third-order valence-corrected chi connectivity index (χ3v) is 3.63. The van der Waals surface area contributed by atoms with E-state index in [9.17, 15) is 4.79 Å². The summed E-state index contributed by atoms with van der Waals surface area (Å²) >= 11 is 0. The monoisotopic (exact) mass is 272 g/mol. The molecule has 5 nitrogen and oxygen atoms in total. The van der Waals surface area contributed by atoms with Crippen LogP contribution in [0.1, 0.15) is 18.1 Å². The number of rotatable bonds is 4. The third-order valence-electron chi connectivity index (χ3n) is 3.63. The molecule has 1 aromatic rings. The molecule has 2 rings (SSSR count). The van der Waals surface area contributed by atoms with Crippen LogP contribution in [0.5, 0.6) is 0 Å². The summed E-state index contributed by atoms with van der Waals surface area (Å²) < 4.78 is 0.